The Labute approximate surface area is 122 Å². The lowest BCUT2D eigenvalue weighted by Gasteiger charge is -2.40. The Morgan fingerprint density at radius 2 is 2.00 bits per heavy atom. The summed E-state index contributed by atoms with van der Waals surface area (Å²) in [5.41, 5.74) is 5.75. The Balaban J connectivity index is 0.00000180. The van der Waals surface area contributed by atoms with Crippen molar-refractivity contribution < 1.29 is 9.53 Å². The van der Waals surface area contributed by atoms with Gasteiger partial charge in [0.2, 0.25) is 5.91 Å². The summed E-state index contributed by atoms with van der Waals surface area (Å²) in [5.74, 6) is 0.669. The average molecular weight is 291 g/mol. The number of carbonyl (C=O) groups excluding carboxylic acids is 1. The zero-order chi connectivity index (χ0) is 13.0. The van der Waals surface area contributed by atoms with Crippen molar-refractivity contribution in [2.24, 2.45) is 11.7 Å². The summed E-state index contributed by atoms with van der Waals surface area (Å²) in [6.07, 6.45) is 7.37. The number of carbonyl (C=O) groups is 1. The van der Waals surface area contributed by atoms with Gasteiger partial charge in [0.05, 0.1) is 12.1 Å². The minimum atomic E-state index is -0.576. The van der Waals surface area contributed by atoms with Crippen molar-refractivity contribution in [3.63, 3.8) is 0 Å². The second-order valence-corrected chi connectivity index (χ2v) is 5.93. The molecule has 19 heavy (non-hydrogen) atoms. The van der Waals surface area contributed by atoms with Crippen molar-refractivity contribution in [1.29, 1.82) is 0 Å². The molecule has 0 bridgehead atoms. The van der Waals surface area contributed by atoms with Crippen LogP contribution in [-0.2, 0) is 9.53 Å². The summed E-state index contributed by atoms with van der Waals surface area (Å²) >= 11 is 0. The molecule has 0 spiro atoms. The quantitative estimate of drug-likeness (QED) is 0.864. The molecular formula is C14H27ClN2O2. The molecule has 1 atom stereocenters. The zero-order valence-corrected chi connectivity index (χ0v) is 12.7. The van der Waals surface area contributed by atoms with E-state index in [1.54, 1.807) is 7.11 Å². The van der Waals surface area contributed by atoms with Crippen molar-refractivity contribution >= 4 is 18.3 Å². The number of amides is 1. The van der Waals surface area contributed by atoms with Gasteiger partial charge >= 0.3 is 0 Å². The van der Waals surface area contributed by atoms with Crippen LogP contribution in [0.2, 0.25) is 0 Å². The van der Waals surface area contributed by atoms with E-state index >= 15 is 0 Å². The second kappa shape index (κ2) is 7.46. The van der Waals surface area contributed by atoms with E-state index in [-0.39, 0.29) is 18.3 Å². The lowest BCUT2D eigenvalue weighted by Crippen LogP contribution is -2.58. The number of methoxy groups -OCH3 is 1. The number of halogens is 1. The van der Waals surface area contributed by atoms with Crippen LogP contribution in [0, 0.1) is 5.92 Å². The first-order valence-electron chi connectivity index (χ1n) is 7.23. The van der Waals surface area contributed by atoms with Crippen LogP contribution in [0.25, 0.3) is 0 Å². The van der Waals surface area contributed by atoms with Crippen LogP contribution in [0.15, 0.2) is 0 Å². The highest BCUT2D eigenvalue weighted by atomic mass is 35.5. The van der Waals surface area contributed by atoms with Gasteiger partial charge in [0.15, 0.2) is 0 Å². The van der Waals surface area contributed by atoms with E-state index in [2.05, 4.69) is 0 Å². The molecule has 0 radical (unpaired) electrons. The van der Waals surface area contributed by atoms with E-state index in [0.717, 1.165) is 58.2 Å². The topological polar surface area (TPSA) is 55.6 Å². The Kier molecular flexibility index (Phi) is 6.57. The smallest absolute Gasteiger partial charge is 0.242 e. The molecular weight excluding hydrogens is 264 g/mol. The largest absolute Gasteiger partial charge is 0.384 e. The normalized spacial score (nSPS) is 26.6. The van der Waals surface area contributed by atoms with Crippen LogP contribution >= 0.6 is 12.4 Å². The first kappa shape index (κ1) is 16.7. The molecule has 112 valence electrons. The monoisotopic (exact) mass is 290 g/mol. The van der Waals surface area contributed by atoms with Crippen LogP contribution in [0.4, 0.5) is 0 Å². The fourth-order valence-corrected chi connectivity index (χ4v) is 3.33. The molecule has 1 unspecified atom stereocenters. The molecule has 2 fully saturated rings. The summed E-state index contributed by atoms with van der Waals surface area (Å²) in [7, 11) is 1.73. The maximum absolute atomic E-state index is 12.6. The second-order valence-electron chi connectivity index (χ2n) is 5.93. The molecule has 2 rings (SSSR count). The molecule has 1 aliphatic heterocycles. The summed E-state index contributed by atoms with van der Waals surface area (Å²) in [4.78, 5) is 14.6. The number of ether oxygens (including phenoxy) is 1. The molecule has 4 nitrogen and oxygen atoms in total. The molecule has 0 aromatic carbocycles. The number of nitrogens with two attached hydrogens (primary N) is 1. The van der Waals surface area contributed by atoms with E-state index in [9.17, 15) is 4.79 Å². The number of likely N-dealkylation sites (tertiary alicyclic amines) is 1. The van der Waals surface area contributed by atoms with Gasteiger partial charge in [0.1, 0.15) is 0 Å². The summed E-state index contributed by atoms with van der Waals surface area (Å²) in [6.45, 7) is 2.45. The van der Waals surface area contributed by atoms with Gasteiger partial charge in [-0.15, -0.1) is 12.4 Å². The highest BCUT2D eigenvalue weighted by molar-refractivity contribution is 5.86. The van der Waals surface area contributed by atoms with Gasteiger partial charge in [-0.1, -0.05) is 19.3 Å². The van der Waals surface area contributed by atoms with E-state index < -0.39 is 5.54 Å². The van der Waals surface area contributed by atoms with Gasteiger partial charge < -0.3 is 15.4 Å². The third kappa shape index (κ3) is 4.07. The molecule has 0 aromatic heterocycles. The fourth-order valence-electron chi connectivity index (χ4n) is 3.33. The number of piperidine rings is 1. The van der Waals surface area contributed by atoms with Crippen molar-refractivity contribution in [2.45, 2.75) is 50.5 Å². The molecule has 1 heterocycles. The van der Waals surface area contributed by atoms with Crippen molar-refractivity contribution in [2.75, 3.05) is 26.8 Å². The van der Waals surface area contributed by atoms with E-state index in [1.807, 2.05) is 4.90 Å². The van der Waals surface area contributed by atoms with Crippen LogP contribution in [-0.4, -0.2) is 43.2 Å². The molecule has 0 aromatic rings. The third-order valence-corrected chi connectivity index (χ3v) is 4.38. The minimum absolute atomic E-state index is 0. The molecule has 1 saturated heterocycles. The van der Waals surface area contributed by atoms with Gasteiger partial charge in [0.25, 0.3) is 0 Å². The Bertz CT molecular complexity index is 291. The van der Waals surface area contributed by atoms with Gasteiger partial charge in [-0.2, -0.15) is 0 Å². The maximum Gasteiger partial charge on any atom is 0.242 e. The van der Waals surface area contributed by atoms with Gasteiger partial charge in [0, 0.05) is 20.2 Å². The van der Waals surface area contributed by atoms with E-state index in [0.29, 0.717) is 5.92 Å². The average Bonchev–Trinajstić information content (AvgIpc) is 2.39. The predicted octanol–water partition coefficient (Wildman–Crippen LogP) is 1.95. The van der Waals surface area contributed by atoms with Crippen molar-refractivity contribution in [1.82, 2.24) is 4.90 Å². The third-order valence-electron chi connectivity index (χ3n) is 4.38. The van der Waals surface area contributed by atoms with Crippen LogP contribution in [0.1, 0.15) is 44.9 Å². The summed E-state index contributed by atoms with van der Waals surface area (Å²) in [5, 5.41) is 0. The molecule has 1 saturated carbocycles. The predicted molar refractivity (Wildman–Crippen MR) is 78.4 cm³/mol. The fraction of sp³-hybridized carbons (Fsp3) is 0.929. The van der Waals surface area contributed by atoms with Crippen LogP contribution in [0.3, 0.4) is 0 Å². The van der Waals surface area contributed by atoms with Crippen LogP contribution in [0.5, 0.6) is 0 Å². The van der Waals surface area contributed by atoms with E-state index in [4.69, 9.17) is 10.5 Å². The van der Waals surface area contributed by atoms with E-state index in [1.165, 1.54) is 6.42 Å². The van der Waals surface area contributed by atoms with Gasteiger partial charge in [-0.3, -0.25) is 4.79 Å². The highest BCUT2D eigenvalue weighted by Gasteiger charge is 2.39. The number of hydrogen-bond acceptors (Lipinski definition) is 3. The molecule has 2 N–H and O–H groups in total. The first-order chi connectivity index (χ1) is 8.65. The molecule has 1 amide bonds. The van der Waals surface area contributed by atoms with Gasteiger partial charge in [-0.25, -0.2) is 0 Å². The minimum Gasteiger partial charge on any atom is -0.384 e. The lowest BCUT2D eigenvalue weighted by molar-refractivity contribution is -0.140. The summed E-state index contributed by atoms with van der Waals surface area (Å²) in [6, 6.07) is 0. The number of rotatable bonds is 3. The van der Waals surface area contributed by atoms with Crippen LogP contribution < -0.4 is 5.73 Å². The van der Waals surface area contributed by atoms with Crippen molar-refractivity contribution in [3.8, 4) is 0 Å². The highest BCUT2D eigenvalue weighted by Crippen LogP contribution is 2.29. The number of hydrogen-bond donors (Lipinski definition) is 1. The maximum atomic E-state index is 12.6. The van der Waals surface area contributed by atoms with Crippen molar-refractivity contribution in [3.05, 3.63) is 0 Å². The number of nitrogens with zero attached hydrogens (tertiary/aromatic N) is 1. The SMILES string of the molecule is COCC1CCCN(C(=O)C2(N)CCCCC2)C1.Cl. The Morgan fingerprint density at radius 1 is 1.32 bits per heavy atom. The van der Waals surface area contributed by atoms with Gasteiger partial charge in [-0.05, 0) is 31.6 Å². The Hall–Kier alpha value is -0.320. The first-order valence-corrected chi connectivity index (χ1v) is 7.23. The zero-order valence-electron chi connectivity index (χ0n) is 11.9. The Morgan fingerprint density at radius 3 is 2.63 bits per heavy atom. The standard InChI is InChI=1S/C14H26N2O2.ClH/c1-18-11-12-6-5-9-16(10-12)13(17)14(15)7-3-2-4-8-14;/h12H,2-11,15H2,1H3;1H. The molecule has 2 aliphatic rings. The summed E-state index contributed by atoms with van der Waals surface area (Å²) < 4.78 is 5.21. The molecule has 5 heteroatoms. The molecule has 1 aliphatic carbocycles. The lowest BCUT2D eigenvalue weighted by atomic mass is 9.81.